The van der Waals surface area contributed by atoms with Gasteiger partial charge in [-0.25, -0.2) is 22.8 Å². The largest absolute Gasteiger partial charge is 0.307 e. The third kappa shape index (κ3) is 3.64. The van der Waals surface area contributed by atoms with Crippen LogP contribution in [0.4, 0.5) is 5.82 Å². The van der Waals surface area contributed by atoms with Crippen molar-refractivity contribution in [3.63, 3.8) is 0 Å². The molecule has 0 spiro atoms. The molecule has 0 aromatic carbocycles. The van der Waals surface area contributed by atoms with E-state index < -0.39 is 9.84 Å². The Bertz CT molecular complexity index is 1210. The van der Waals surface area contributed by atoms with Crippen LogP contribution in [0.1, 0.15) is 54.1 Å². The van der Waals surface area contributed by atoms with Crippen LogP contribution >= 0.6 is 0 Å². The van der Waals surface area contributed by atoms with Gasteiger partial charge in [0.15, 0.2) is 15.5 Å². The molecular formula is C19H24N6O3S. The number of nitrogens with zero attached hydrogens (tertiary/aromatic N) is 5. The van der Waals surface area contributed by atoms with Crippen molar-refractivity contribution in [3.05, 3.63) is 35.3 Å². The lowest BCUT2D eigenvalue weighted by Gasteiger charge is -2.14. The second kappa shape index (κ2) is 6.94. The molecule has 1 atom stereocenters. The Kier molecular flexibility index (Phi) is 4.68. The van der Waals surface area contributed by atoms with Gasteiger partial charge in [0, 0.05) is 17.5 Å². The average molecular weight is 417 g/mol. The van der Waals surface area contributed by atoms with Crippen molar-refractivity contribution in [2.75, 3.05) is 16.8 Å². The predicted molar refractivity (Wildman–Crippen MR) is 110 cm³/mol. The van der Waals surface area contributed by atoms with Gasteiger partial charge in [0.1, 0.15) is 5.82 Å². The highest BCUT2D eigenvalue weighted by molar-refractivity contribution is 7.91. The Morgan fingerprint density at radius 1 is 1.28 bits per heavy atom. The van der Waals surface area contributed by atoms with Gasteiger partial charge in [-0.3, -0.25) is 4.79 Å². The first-order valence-electron chi connectivity index (χ1n) is 9.57. The van der Waals surface area contributed by atoms with Crippen molar-refractivity contribution in [3.8, 4) is 0 Å². The third-order valence-electron chi connectivity index (χ3n) is 5.15. The van der Waals surface area contributed by atoms with Crippen molar-refractivity contribution < 1.29 is 13.2 Å². The molecule has 0 aliphatic carbocycles. The van der Waals surface area contributed by atoms with E-state index in [-0.39, 0.29) is 29.5 Å². The minimum absolute atomic E-state index is 0.0396. The number of hydrogen-bond donors (Lipinski definition) is 1. The highest BCUT2D eigenvalue weighted by Gasteiger charge is 2.31. The summed E-state index contributed by atoms with van der Waals surface area (Å²) in [6.45, 7) is 7.65. The molecule has 3 aromatic rings. The molecule has 4 rings (SSSR count). The number of anilines is 1. The number of aromatic nitrogens is 5. The molecule has 1 aliphatic rings. The number of nitrogens with one attached hydrogen (secondary N) is 1. The first-order valence-corrected chi connectivity index (χ1v) is 11.4. The van der Waals surface area contributed by atoms with Crippen molar-refractivity contribution in [1.29, 1.82) is 0 Å². The van der Waals surface area contributed by atoms with Gasteiger partial charge < -0.3 is 5.32 Å². The lowest BCUT2D eigenvalue weighted by molar-refractivity contribution is 0.102. The molecular weight excluding hydrogens is 392 g/mol. The van der Waals surface area contributed by atoms with Crippen molar-refractivity contribution >= 4 is 32.6 Å². The molecule has 0 bridgehead atoms. The summed E-state index contributed by atoms with van der Waals surface area (Å²) in [6, 6.07) is 3.43. The number of carbonyl (C=O) groups excluding carboxylic acids is 1. The molecule has 1 unspecified atom stereocenters. The van der Waals surface area contributed by atoms with Crippen LogP contribution in [0, 0.1) is 13.8 Å². The van der Waals surface area contributed by atoms with Crippen molar-refractivity contribution in [2.45, 2.75) is 46.2 Å². The van der Waals surface area contributed by atoms with E-state index >= 15 is 0 Å². The van der Waals surface area contributed by atoms with Gasteiger partial charge in [0.05, 0.1) is 40.7 Å². The lowest BCUT2D eigenvalue weighted by atomic mass is 10.1. The summed E-state index contributed by atoms with van der Waals surface area (Å²) in [5.74, 6) is 0.365. The number of fused-ring (bicyclic) bond motifs is 1. The van der Waals surface area contributed by atoms with Crippen LogP contribution in [0.5, 0.6) is 0 Å². The van der Waals surface area contributed by atoms with Crippen molar-refractivity contribution in [2.24, 2.45) is 0 Å². The molecule has 10 heteroatoms. The molecule has 1 amide bonds. The Balaban J connectivity index is 1.65. The standard InChI is InChI=1S/C19H24N6O3S/c1-11(2)24-18-14(9-20-24)8-16(13(4)21-18)19(26)22-17-7-12(3)23-25(17)15-5-6-29(27,28)10-15/h7-9,11,15H,5-6,10H2,1-4H3,(H,22,26). The molecule has 154 valence electrons. The van der Waals surface area contributed by atoms with E-state index in [9.17, 15) is 13.2 Å². The second-order valence-corrected chi connectivity index (χ2v) is 10.1. The Hall–Kier alpha value is -2.75. The van der Waals surface area contributed by atoms with Crippen molar-refractivity contribution in [1.82, 2.24) is 24.5 Å². The van der Waals surface area contributed by atoms with E-state index in [0.29, 0.717) is 29.2 Å². The quantitative estimate of drug-likeness (QED) is 0.699. The number of sulfone groups is 1. The van der Waals surface area contributed by atoms with Crippen LogP contribution in [0.2, 0.25) is 0 Å². The van der Waals surface area contributed by atoms with Crippen LogP contribution in [0.15, 0.2) is 18.3 Å². The molecule has 0 radical (unpaired) electrons. The number of amides is 1. The smallest absolute Gasteiger partial charge is 0.258 e. The van der Waals surface area contributed by atoms with E-state index in [1.165, 1.54) is 0 Å². The van der Waals surface area contributed by atoms with E-state index in [2.05, 4.69) is 20.5 Å². The maximum Gasteiger partial charge on any atom is 0.258 e. The molecule has 9 nitrogen and oxygen atoms in total. The predicted octanol–water partition coefficient (Wildman–Crippen LogP) is 2.44. The highest BCUT2D eigenvalue weighted by Crippen LogP contribution is 2.28. The maximum absolute atomic E-state index is 13.0. The summed E-state index contributed by atoms with van der Waals surface area (Å²) in [5, 5.41) is 12.4. The van der Waals surface area contributed by atoms with E-state index in [1.807, 2.05) is 25.5 Å². The topological polar surface area (TPSA) is 112 Å². The highest BCUT2D eigenvalue weighted by atomic mass is 32.2. The summed E-state index contributed by atoms with van der Waals surface area (Å²) in [6.07, 6.45) is 2.20. The Morgan fingerprint density at radius 2 is 2.03 bits per heavy atom. The molecule has 29 heavy (non-hydrogen) atoms. The number of rotatable bonds is 4. The first kappa shape index (κ1) is 19.6. The first-order chi connectivity index (χ1) is 13.6. The molecule has 1 fully saturated rings. The van der Waals surface area contributed by atoms with Gasteiger partial charge in [0.2, 0.25) is 0 Å². The average Bonchev–Trinajstić information content (AvgIpc) is 3.30. The fraction of sp³-hybridized carbons (Fsp3) is 0.474. The summed E-state index contributed by atoms with van der Waals surface area (Å²) < 4.78 is 27.1. The Morgan fingerprint density at radius 3 is 2.69 bits per heavy atom. The fourth-order valence-electron chi connectivity index (χ4n) is 3.71. The summed E-state index contributed by atoms with van der Waals surface area (Å²) in [4.78, 5) is 17.6. The zero-order valence-corrected chi connectivity index (χ0v) is 17.7. The summed E-state index contributed by atoms with van der Waals surface area (Å²) in [5.41, 5.74) is 2.51. The van der Waals surface area contributed by atoms with E-state index in [4.69, 9.17) is 0 Å². The van der Waals surface area contributed by atoms with Crippen LogP contribution in [0.25, 0.3) is 11.0 Å². The van der Waals surface area contributed by atoms with Gasteiger partial charge in [0.25, 0.3) is 5.91 Å². The number of aryl methyl sites for hydroxylation is 2. The minimum atomic E-state index is -3.06. The summed E-state index contributed by atoms with van der Waals surface area (Å²) >= 11 is 0. The van der Waals surface area contributed by atoms with Gasteiger partial charge in [-0.05, 0) is 40.2 Å². The monoisotopic (exact) mass is 416 g/mol. The SMILES string of the molecule is Cc1cc(NC(=O)c2cc3cnn(C(C)C)c3nc2C)n(C2CCS(=O)(=O)C2)n1. The minimum Gasteiger partial charge on any atom is -0.307 e. The normalized spacial score (nSPS) is 18.6. The lowest BCUT2D eigenvalue weighted by Crippen LogP contribution is -2.20. The zero-order valence-electron chi connectivity index (χ0n) is 16.9. The van der Waals surface area contributed by atoms with Gasteiger partial charge in [-0.1, -0.05) is 0 Å². The van der Waals surface area contributed by atoms with E-state index in [1.54, 1.807) is 29.9 Å². The maximum atomic E-state index is 13.0. The van der Waals surface area contributed by atoms with Crippen LogP contribution in [-0.4, -0.2) is 50.4 Å². The fourth-order valence-corrected chi connectivity index (χ4v) is 5.41. The van der Waals surface area contributed by atoms with Gasteiger partial charge in [-0.15, -0.1) is 0 Å². The molecule has 3 aromatic heterocycles. The molecule has 0 saturated carbocycles. The molecule has 1 N–H and O–H groups in total. The number of hydrogen-bond acceptors (Lipinski definition) is 6. The van der Waals surface area contributed by atoms with E-state index in [0.717, 1.165) is 11.0 Å². The number of carbonyl (C=O) groups is 1. The summed E-state index contributed by atoms with van der Waals surface area (Å²) in [7, 11) is -3.06. The Labute approximate surface area is 169 Å². The molecule has 4 heterocycles. The molecule has 1 aliphatic heterocycles. The van der Waals surface area contributed by atoms with Gasteiger partial charge in [-0.2, -0.15) is 10.2 Å². The van der Waals surface area contributed by atoms with Crippen LogP contribution in [0.3, 0.4) is 0 Å². The van der Waals surface area contributed by atoms with Crippen LogP contribution in [-0.2, 0) is 9.84 Å². The van der Waals surface area contributed by atoms with Crippen LogP contribution < -0.4 is 5.32 Å². The van der Waals surface area contributed by atoms with Gasteiger partial charge >= 0.3 is 0 Å². The zero-order chi connectivity index (χ0) is 20.9. The number of pyridine rings is 1. The third-order valence-corrected chi connectivity index (χ3v) is 6.90. The second-order valence-electron chi connectivity index (χ2n) is 7.84. The molecule has 1 saturated heterocycles.